The van der Waals surface area contributed by atoms with Gasteiger partial charge in [0.05, 0.1) is 5.69 Å². The number of nitrogens with one attached hydrogen (secondary N) is 2. The molecule has 0 bridgehead atoms. The lowest BCUT2D eigenvalue weighted by molar-refractivity contribution is 0.0738. The summed E-state index contributed by atoms with van der Waals surface area (Å²) >= 11 is 0. The van der Waals surface area contributed by atoms with Gasteiger partial charge in [-0.1, -0.05) is 12.1 Å². The lowest BCUT2D eigenvalue weighted by atomic mass is 10.1. The number of H-pyrrole nitrogens is 1. The Bertz CT molecular complexity index is 918. The van der Waals surface area contributed by atoms with E-state index in [1.807, 2.05) is 6.92 Å². The number of hydrogen-bond donors (Lipinski definition) is 3. The van der Waals surface area contributed by atoms with E-state index in [1.54, 1.807) is 4.90 Å². The maximum Gasteiger partial charge on any atom is 0.270 e. The van der Waals surface area contributed by atoms with Crippen LogP contribution in [0.5, 0.6) is 0 Å². The Labute approximate surface area is 163 Å². The molecule has 1 aromatic heterocycles. The van der Waals surface area contributed by atoms with Gasteiger partial charge in [-0.3, -0.25) is 9.52 Å². The fourth-order valence-electron chi connectivity index (χ4n) is 3.15. The molecule has 0 spiro atoms. The second kappa shape index (κ2) is 8.28. The average Bonchev–Trinajstić information content (AvgIpc) is 3.23. The monoisotopic (exact) mass is 416 g/mol. The standard InChI is InChI=1S/C17H21FN4O3S.ClH/c1-11-6-12(8-19)10-22(11)17(23)16-7-13(9-20-16)26(24,25)21-15-5-3-2-4-14(15)18;/h2-5,7,9,11-12,20-21H,6,8,10,19H2,1H3;1H. The summed E-state index contributed by atoms with van der Waals surface area (Å²) in [5.74, 6) is -0.711. The first-order chi connectivity index (χ1) is 12.3. The van der Waals surface area contributed by atoms with Gasteiger partial charge in [0, 0.05) is 18.8 Å². The van der Waals surface area contributed by atoms with Crippen LogP contribution in [0.1, 0.15) is 23.8 Å². The van der Waals surface area contributed by atoms with Crippen LogP contribution in [-0.4, -0.2) is 43.3 Å². The molecule has 3 rings (SSSR count). The number of amides is 1. The van der Waals surface area contributed by atoms with E-state index in [4.69, 9.17) is 5.73 Å². The molecular weight excluding hydrogens is 395 g/mol. The van der Waals surface area contributed by atoms with Crippen molar-refractivity contribution < 1.29 is 17.6 Å². The number of anilines is 1. The number of hydrogen-bond acceptors (Lipinski definition) is 4. The Morgan fingerprint density at radius 2 is 2.11 bits per heavy atom. The van der Waals surface area contributed by atoms with Crippen molar-refractivity contribution in [1.82, 2.24) is 9.88 Å². The van der Waals surface area contributed by atoms with E-state index in [1.165, 1.54) is 30.5 Å². The van der Waals surface area contributed by atoms with Crippen LogP contribution in [0.2, 0.25) is 0 Å². The maximum absolute atomic E-state index is 13.7. The van der Waals surface area contributed by atoms with Gasteiger partial charge < -0.3 is 15.6 Å². The number of sulfonamides is 1. The van der Waals surface area contributed by atoms with Crippen molar-refractivity contribution >= 4 is 34.0 Å². The Morgan fingerprint density at radius 3 is 2.74 bits per heavy atom. The largest absolute Gasteiger partial charge is 0.356 e. The predicted molar refractivity (Wildman–Crippen MR) is 103 cm³/mol. The second-order valence-electron chi connectivity index (χ2n) is 6.48. The van der Waals surface area contributed by atoms with Crippen LogP contribution in [-0.2, 0) is 10.0 Å². The fraction of sp³-hybridized carbons (Fsp3) is 0.353. The van der Waals surface area contributed by atoms with Crippen molar-refractivity contribution in [3.05, 3.63) is 48.0 Å². The minimum absolute atomic E-state index is 0. The summed E-state index contributed by atoms with van der Waals surface area (Å²) in [6.45, 7) is 2.99. The van der Waals surface area contributed by atoms with Crippen LogP contribution in [0.4, 0.5) is 10.1 Å². The number of carbonyl (C=O) groups excluding carboxylic acids is 1. The normalized spacial score (nSPS) is 19.6. The zero-order chi connectivity index (χ0) is 18.9. The molecule has 27 heavy (non-hydrogen) atoms. The van der Waals surface area contributed by atoms with Gasteiger partial charge in [-0.2, -0.15) is 0 Å². The van der Waals surface area contributed by atoms with Crippen molar-refractivity contribution in [2.75, 3.05) is 17.8 Å². The highest BCUT2D eigenvalue weighted by molar-refractivity contribution is 7.92. The molecule has 4 N–H and O–H groups in total. The molecule has 1 saturated heterocycles. The molecule has 1 fully saturated rings. The van der Waals surface area contributed by atoms with E-state index in [9.17, 15) is 17.6 Å². The summed E-state index contributed by atoms with van der Waals surface area (Å²) in [4.78, 5) is 16.9. The first kappa shape index (κ1) is 21.2. The first-order valence-electron chi connectivity index (χ1n) is 8.28. The van der Waals surface area contributed by atoms with E-state index in [2.05, 4.69) is 9.71 Å². The molecule has 0 radical (unpaired) electrons. The van der Waals surface area contributed by atoms with Gasteiger partial charge in [0.1, 0.15) is 16.4 Å². The highest BCUT2D eigenvalue weighted by Gasteiger charge is 2.33. The van der Waals surface area contributed by atoms with Crippen LogP contribution in [0.15, 0.2) is 41.4 Å². The van der Waals surface area contributed by atoms with Crippen LogP contribution in [0.25, 0.3) is 0 Å². The summed E-state index contributed by atoms with van der Waals surface area (Å²) < 4.78 is 40.7. The maximum atomic E-state index is 13.7. The number of benzene rings is 1. The fourth-order valence-corrected chi connectivity index (χ4v) is 4.21. The lowest BCUT2D eigenvalue weighted by Gasteiger charge is -2.20. The molecule has 0 saturated carbocycles. The van der Waals surface area contributed by atoms with E-state index >= 15 is 0 Å². The summed E-state index contributed by atoms with van der Waals surface area (Å²) in [6.07, 6.45) is 2.04. The zero-order valence-electron chi connectivity index (χ0n) is 14.7. The number of rotatable bonds is 5. The van der Waals surface area contributed by atoms with Gasteiger partial charge in [-0.25, -0.2) is 12.8 Å². The van der Waals surface area contributed by atoms with Crippen molar-refractivity contribution in [2.24, 2.45) is 11.7 Å². The Hall–Kier alpha value is -2.10. The number of nitrogens with two attached hydrogens (primary N) is 1. The van der Waals surface area contributed by atoms with Gasteiger partial charge in [-0.15, -0.1) is 12.4 Å². The van der Waals surface area contributed by atoms with Crippen LogP contribution < -0.4 is 10.5 Å². The molecule has 1 amide bonds. The van der Waals surface area contributed by atoms with Crippen LogP contribution in [0, 0.1) is 11.7 Å². The minimum atomic E-state index is -4.01. The highest BCUT2D eigenvalue weighted by Crippen LogP contribution is 2.25. The SMILES string of the molecule is CC1CC(CN)CN1C(=O)c1cc(S(=O)(=O)Nc2ccccc2F)c[nH]1.Cl. The number of carbonyl (C=O) groups is 1. The van der Waals surface area contributed by atoms with E-state index in [0.29, 0.717) is 13.1 Å². The molecule has 2 unspecified atom stereocenters. The number of likely N-dealkylation sites (tertiary alicyclic amines) is 1. The molecule has 7 nitrogen and oxygen atoms in total. The Kier molecular flexibility index (Phi) is 6.50. The summed E-state index contributed by atoms with van der Waals surface area (Å²) in [7, 11) is -4.01. The van der Waals surface area contributed by atoms with Crippen LogP contribution in [0.3, 0.4) is 0 Å². The number of nitrogens with zero attached hydrogens (tertiary/aromatic N) is 1. The number of aromatic amines is 1. The third-order valence-electron chi connectivity index (χ3n) is 4.57. The molecular formula is C17H22ClFN4O3S. The van der Waals surface area contributed by atoms with Gasteiger partial charge >= 0.3 is 0 Å². The molecule has 148 valence electrons. The van der Waals surface area contributed by atoms with Gasteiger partial charge in [0.25, 0.3) is 15.9 Å². The highest BCUT2D eigenvalue weighted by atomic mass is 35.5. The van der Waals surface area contributed by atoms with Crippen molar-refractivity contribution in [1.29, 1.82) is 0 Å². The molecule has 2 heterocycles. The minimum Gasteiger partial charge on any atom is -0.356 e. The molecule has 1 aliphatic heterocycles. The van der Waals surface area contributed by atoms with E-state index < -0.39 is 15.8 Å². The zero-order valence-corrected chi connectivity index (χ0v) is 16.3. The Balaban J connectivity index is 0.00000261. The third-order valence-corrected chi connectivity index (χ3v) is 5.92. The molecule has 1 aromatic carbocycles. The number of halogens is 2. The molecule has 2 atom stereocenters. The average molecular weight is 417 g/mol. The van der Waals surface area contributed by atoms with Crippen LogP contribution >= 0.6 is 12.4 Å². The topological polar surface area (TPSA) is 108 Å². The predicted octanol–water partition coefficient (Wildman–Crippen LogP) is 2.19. The van der Waals surface area contributed by atoms with E-state index in [-0.39, 0.29) is 46.6 Å². The lowest BCUT2D eigenvalue weighted by Crippen LogP contribution is -2.34. The van der Waals surface area contributed by atoms with E-state index in [0.717, 1.165) is 12.5 Å². The molecule has 1 aliphatic rings. The van der Waals surface area contributed by atoms with Gasteiger partial charge in [0.15, 0.2) is 0 Å². The van der Waals surface area contributed by atoms with Crippen molar-refractivity contribution in [2.45, 2.75) is 24.3 Å². The van der Waals surface area contributed by atoms with Gasteiger partial charge in [-0.05, 0) is 44.0 Å². The third kappa shape index (κ3) is 4.42. The summed E-state index contributed by atoms with van der Waals surface area (Å²) in [6, 6.07) is 6.77. The summed E-state index contributed by atoms with van der Waals surface area (Å²) in [5.41, 5.74) is 5.70. The molecule has 2 aromatic rings. The quantitative estimate of drug-likeness (QED) is 0.694. The van der Waals surface area contributed by atoms with Crippen molar-refractivity contribution in [3.8, 4) is 0 Å². The van der Waals surface area contributed by atoms with Gasteiger partial charge in [0.2, 0.25) is 0 Å². The van der Waals surface area contributed by atoms with Crippen molar-refractivity contribution in [3.63, 3.8) is 0 Å². The first-order valence-corrected chi connectivity index (χ1v) is 9.77. The number of aromatic nitrogens is 1. The Morgan fingerprint density at radius 1 is 1.41 bits per heavy atom. The smallest absolute Gasteiger partial charge is 0.270 e. The molecule has 10 heteroatoms. The number of para-hydroxylation sites is 1. The second-order valence-corrected chi connectivity index (χ2v) is 8.16. The molecule has 0 aliphatic carbocycles. The summed E-state index contributed by atoms with van der Waals surface area (Å²) in [5, 5.41) is 0.